The van der Waals surface area contributed by atoms with Gasteiger partial charge in [0.05, 0.1) is 24.1 Å². The van der Waals surface area contributed by atoms with Crippen molar-refractivity contribution >= 4 is 18.2 Å². The first-order valence-electron chi connectivity index (χ1n) is 7.86. The van der Waals surface area contributed by atoms with E-state index in [1.165, 1.54) is 19.5 Å². The monoisotopic (exact) mass is 325 g/mol. The Morgan fingerprint density at radius 1 is 1.38 bits per heavy atom. The fraction of sp³-hybridized carbons (Fsp3) is 0.278. The van der Waals surface area contributed by atoms with Crippen LogP contribution >= 0.6 is 0 Å². The Labute approximate surface area is 138 Å². The van der Waals surface area contributed by atoms with Crippen molar-refractivity contribution < 1.29 is 13.9 Å². The van der Waals surface area contributed by atoms with Crippen LogP contribution in [-0.4, -0.2) is 27.6 Å². The van der Waals surface area contributed by atoms with Crippen molar-refractivity contribution in [2.75, 3.05) is 7.11 Å². The number of carbonyl (C=O) groups is 1. The number of imidazole rings is 1. The molecule has 0 amide bonds. The van der Waals surface area contributed by atoms with E-state index >= 15 is 0 Å². The quantitative estimate of drug-likeness (QED) is 0.806. The molecule has 1 aliphatic carbocycles. The van der Waals surface area contributed by atoms with Crippen LogP contribution in [0.2, 0.25) is 0 Å². The number of allylic oxidation sites excluding steroid dienone is 2. The van der Waals surface area contributed by atoms with E-state index in [1.807, 2.05) is 10.6 Å². The average Bonchev–Trinajstić information content (AvgIpc) is 3.40. The van der Waals surface area contributed by atoms with Crippen LogP contribution in [0.1, 0.15) is 47.1 Å². The molecule has 1 saturated carbocycles. The van der Waals surface area contributed by atoms with Crippen LogP contribution in [0.5, 0.6) is 0 Å². The summed E-state index contributed by atoms with van der Waals surface area (Å²) in [6, 6.07) is 1.72. The normalized spacial score (nSPS) is 16.3. The molecule has 122 valence electrons. The summed E-state index contributed by atoms with van der Waals surface area (Å²) in [4.78, 5) is 20.6. The second kappa shape index (κ2) is 5.70. The molecule has 24 heavy (non-hydrogen) atoms. The lowest BCUT2D eigenvalue weighted by Gasteiger charge is -2.07. The van der Waals surface area contributed by atoms with Gasteiger partial charge in [0.25, 0.3) is 0 Å². The largest absolute Gasteiger partial charge is 0.465 e. The third kappa shape index (κ3) is 2.54. The molecule has 0 radical (unpaired) electrons. The number of esters is 1. The summed E-state index contributed by atoms with van der Waals surface area (Å²) in [6.45, 7) is 0. The van der Waals surface area contributed by atoms with Crippen molar-refractivity contribution in [1.82, 2.24) is 14.5 Å². The minimum absolute atomic E-state index is 0.197. The number of carbonyl (C=O) groups excluding carboxylic acids is 1. The van der Waals surface area contributed by atoms with Gasteiger partial charge in [-0.05, 0) is 25.0 Å². The van der Waals surface area contributed by atoms with E-state index in [1.54, 1.807) is 18.3 Å². The Kier molecular flexibility index (Phi) is 3.52. The molecule has 0 unspecified atom stereocenters. The fourth-order valence-electron chi connectivity index (χ4n) is 2.94. The minimum Gasteiger partial charge on any atom is -0.465 e. The highest BCUT2D eigenvalue weighted by Gasteiger charge is 2.32. The first kappa shape index (κ1) is 14.8. The number of hydrogen-bond donors (Lipinski definition) is 0. The number of aromatic nitrogens is 3. The first-order valence-corrected chi connectivity index (χ1v) is 7.86. The summed E-state index contributed by atoms with van der Waals surface area (Å²) >= 11 is 0. The number of halogens is 1. The van der Waals surface area contributed by atoms with Crippen molar-refractivity contribution in [1.29, 1.82) is 0 Å². The molecular weight excluding hydrogens is 309 g/mol. The lowest BCUT2D eigenvalue weighted by Crippen LogP contribution is -2.02. The molecule has 0 N–H and O–H groups in total. The summed E-state index contributed by atoms with van der Waals surface area (Å²) in [7, 11) is 1.34. The predicted octanol–water partition coefficient (Wildman–Crippen LogP) is 3.79. The topological polar surface area (TPSA) is 57.0 Å². The van der Waals surface area contributed by atoms with E-state index in [9.17, 15) is 9.18 Å². The van der Waals surface area contributed by atoms with E-state index in [0.717, 1.165) is 29.8 Å². The summed E-state index contributed by atoms with van der Waals surface area (Å²) < 4.78 is 20.5. The van der Waals surface area contributed by atoms with Crippen LogP contribution in [0.15, 0.2) is 30.4 Å². The van der Waals surface area contributed by atoms with E-state index < -0.39 is 5.97 Å². The molecule has 6 heteroatoms. The summed E-state index contributed by atoms with van der Waals surface area (Å²) in [5, 5.41) is 0. The Balaban J connectivity index is 1.88. The number of methoxy groups -OCH3 is 1. The van der Waals surface area contributed by atoms with Crippen molar-refractivity contribution in [3.8, 4) is 11.3 Å². The van der Waals surface area contributed by atoms with Crippen LogP contribution in [0, 0.1) is 0 Å². The van der Waals surface area contributed by atoms with Crippen molar-refractivity contribution in [3.63, 3.8) is 0 Å². The third-order valence-corrected chi connectivity index (χ3v) is 4.22. The zero-order valence-electron chi connectivity index (χ0n) is 13.2. The zero-order valence-corrected chi connectivity index (χ0v) is 13.2. The molecule has 0 spiro atoms. The second-order valence-electron chi connectivity index (χ2n) is 5.98. The molecule has 2 aromatic heterocycles. The van der Waals surface area contributed by atoms with Crippen LogP contribution in [-0.2, 0) is 4.74 Å². The van der Waals surface area contributed by atoms with E-state index in [2.05, 4.69) is 9.97 Å². The average molecular weight is 325 g/mol. The second-order valence-corrected chi connectivity index (χ2v) is 5.98. The maximum absolute atomic E-state index is 13.9. The number of ether oxygens (including phenoxy) is 1. The molecule has 4 rings (SSSR count). The zero-order chi connectivity index (χ0) is 16.7. The number of nitrogens with zero attached hydrogens (tertiary/aromatic N) is 3. The summed E-state index contributed by atoms with van der Waals surface area (Å²) in [5.74, 6) is 0.419. The summed E-state index contributed by atoms with van der Waals surface area (Å²) in [6.07, 6.45) is 10.6. The maximum Gasteiger partial charge on any atom is 0.339 e. The molecule has 1 fully saturated rings. The highest BCUT2D eigenvalue weighted by atomic mass is 19.1. The van der Waals surface area contributed by atoms with Gasteiger partial charge in [0.1, 0.15) is 11.7 Å². The van der Waals surface area contributed by atoms with Gasteiger partial charge in [-0.3, -0.25) is 4.98 Å². The van der Waals surface area contributed by atoms with Crippen molar-refractivity contribution in [2.24, 2.45) is 0 Å². The van der Waals surface area contributed by atoms with Crippen molar-refractivity contribution in [3.05, 3.63) is 47.4 Å². The SMILES string of the molecule is COC(=O)c1cncc(-c2nc3n(c2C2CC2)C=C(F)CC=C3)c1. The highest BCUT2D eigenvalue weighted by molar-refractivity contribution is 5.90. The molecule has 0 aromatic carbocycles. The van der Waals surface area contributed by atoms with Crippen LogP contribution < -0.4 is 0 Å². The van der Waals surface area contributed by atoms with Crippen LogP contribution in [0.4, 0.5) is 4.39 Å². The smallest absolute Gasteiger partial charge is 0.339 e. The van der Waals surface area contributed by atoms with Crippen LogP contribution in [0.3, 0.4) is 0 Å². The van der Waals surface area contributed by atoms with Crippen molar-refractivity contribution in [2.45, 2.75) is 25.2 Å². The molecule has 5 nitrogen and oxygen atoms in total. The summed E-state index contributed by atoms with van der Waals surface area (Å²) in [5.41, 5.74) is 2.84. The number of pyridine rings is 1. The number of fused-ring (bicyclic) bond motifs is 1. The molecule has 0 saturated heterocycles. The highest BCUT2D eigenvalue weighted by Crippen LogP contribution is 2.45. The molecule has 1 aliphatic heterocycles. The Morgan fingerprint density at radius 2 is 2.21 bits per heavy atom. The maximum atomic E-state index is 13.9. The number of rotatable bonds is 3. The standard InChI is InChI=1S/C18H16FN3O2/c1-24-18(23)13-7-12(8-20-9-13)16-17(11-5-6-11)22-10-14(19)3-2-4-15(22)21-16/h2,4,7-11H,3,5-6H2,1H3. The van der Waals surface area contributed by atoms with Gasteiger partial charge in [-0.25, -0.2) is 14.2 Å². The number of hydrogen-bond acceptors (Lipinski definition) is 4. The van der Waals surface area contributed by atoms with Gasteiger partial charge in [0, 0.05) is 36.5 Å². The van der Waals surface area contributed by atoms with Gasteiger partial charge in [-0.15, -0.1) is 0 Å². The Hall–Kier alpha value is -2.76. The lowest BCUT2D eigenvalue weighted by molar-refractivity contribution is 0.0600. The van der Waals surface area contributed by atoms with E-state index in [0.29, 0.717) is 17.3 Å². The third-order valence-electron chi connectivity index (χ3n) is 4.22. The van der Waals surface area contributed by atoms with Gasteiger partial charge < -0.3 is 9.30 Å². The molecular formula is C18H16FN3O2. The molecule has 0 bridgehead atoms. The van der Waals surface area contributed by atoms with Gasteiger partial charge in [0.15, 0.2) is 0 Å². The van der Waals surface area contributed by atoms with E-state index in [-0.39, 0.29) is 12.2 Å². The molecule has 0 atom stereocenters. The van der Waals surface area contributed by atoms with Gasteiger partial charge in [-0.1, -0.05) is 6.08 Å². The fourth-order valence-corrected chi connectivity index (χ4v) is 2.94. The predicted molar refractivity (Wildman–Crippen MR) is 87.8 cm³/mol. The van der Waals surface area contributed by atoms with E-state index in [4.69, 9.17) is 4.74 Å². The lowest BCUT2D eigenvalue weighted by atomic mass is 10.1. The van der Waals surface area contributed by atoms with Gasteiger partial charge >= 0.3 is 5.97 Å². The minimum atomic E-state index is -0.441. The Bertz CT molecular complexity index is 878. The molecule has 2 aliphatic rings. The van der Waals surface area contributed by atoms with Gasteiger partial charge in [0.2, 0.25) is 0 Å². The molecule has 3 heterocycles. The van der Waals surface area contributed by atoms with Gasteiger partial charge in [-0.2, -0.15) is 0 Å². The Morgan fingerprint density at radius 3 is 2.96 bits per heavy atom. The van der Waals surface area contributed by atoms with Crippen LogP contribution in [0.25, 0.3) is 23.5 Å². The molecule has 2 aromatic rings. The first-order chi connectivity index (χ1) is 11.7.